The molecule has 5 aromatic rings. The first-order valence-electron chi connectivity index (χ1n) is 16.1. The van der Waals surface area contributed by atoms with Crippen molar-refractivity contribution in [1.29, 1.82) is 0 Å². The number of ether oxygens (including phenoxy) is 5. The molecule has 0 aliphatic heterocycles. The first-order valence-corrected chi connectivity index (χ1v) is 16.1. The minimum absolute atomic E-state index is 0.0386. The number of esters is 5. The maximum Gasteiger partial charge on any atom is 0.338 e. The van der Waals surface area contributed by atoms with Crippen LogP contribution in [-0.2, 0) is 28.5 Å². The number of ketones is 1. The van der Waals surface area contributed by atoms with Crippen LogP contribution >= 0.6 is 0 Å². The number of hydrogen-bond acceptors (Lipinski definition) is 11. The molecule has 1 aliphatic carbocycles. The van der Waals surface area contributed by atoms with Gasteiger partial charge in [-0.3, -0.25) is 4.79 Å². The summed E-state index contributed by atoms with van der Waals surface area (Å²) >= 11 is 0. The number of benzene rings is 5. The number of carbonyl (C=O) groups excluding carboxylic acids is 6. The molecule has 52 heavy (non-hydrogen) atoms. The molecule has 0 spiro atoms. The second-order valence-corrected chi connectivity index (χ2v) is 11.5. The zero-order valence-electron chi connectivity index (χ0n) is 27.3. The van der Waals surface area contributed by atoms with Gasteiger partial charge in [0.1, 0.15) is 0 Å². The van der Waals surface area contributed by atoms with Gasteiger partial charge in [-0.2, -0.15) is 0 Å². The van der Waals surface area contributed by atoms with E-state index in [2.05, 4.69) is 0 Å². The Kier molecular flexibility index (Phi) is 10.9. The van der Waals surface area contributed by atoms with Gasteiger partial charge in [0.05, 0.1) is 27.8 Å². The lowest BCUT2D eigenvalue weighted by atomic mass is 9.84. The van der Waals surface area contributed by atoms with Crippen molar-refractivity contribution in [1.82, 2.24) is 0 Å². The fourth-order valence-corrected chi connectivity index (χ4v) is 5.47. The van der Waals surface area contributed by atoms with Crippen molar-refractivity contribution in [3.05, 3.63) is 179 Å². The van der Waals surface area contributed by atoms with Crippen molar-refractivity contribution < 1.29 is 52.5 Å². The lowest BCUT2D eigenvalue weighted by Gasteiger charge is -2.42. The lowest BCUT2D eigenvalue weighted by molar-refractivity contribution is -0.188. The summed E-state index contributed by atoms with van der Waals surface area (Å²) in [5.41, 5.74) is 0.225. The summed E-state index contributed by atoms with van der Waals surface area (Å²) in [6, 6.07) is 38.5. The standard InChI is InChI=1S/C41H30O11/c42-31-32(48-37(43)26-16-6-1-7-17-26)34(50-39(45)28-20-10-3-11-21-28)36(52-41(47)30-24-14-5-15-25-30)35(51-40(46)29-22-12-4-13-23-29)33(31)49-38(44)27-18-8-2-9-19-27/h1-25,32-36H/t32-,33+,34+,35-,36?. The van der Waals surface area contributed by atoms with Crippen LogP contribution < -0.4 is 0 Å². The fourth-order valence-electron chi connectivity index (χ4n) is 5.47. The van der Waals surface area contributed by atoms with Crippen molar-refractivity contribution in [2.45, 2.75) is 30.5 Å². The summed E-state index contributed by atoms with van der Waals surface area (Å²) in [4.78, 5) is 82.4. The van der Waals surface area contributed by atoms with Crippen LogP contribution in [0.4, 0.5) is 0 Å². The summed E-state index contributed by atoms with van der Waals surface area (Å²) in [5, 5.41) is 0. The van der Waals surface area contributed by atoms with E-state index in [9.17, 15) is 28.8 Å². The highest BCUT2D eigenvalue weighted by Gasteiger charge is 2.59. The van der Waals surface area contributed by atoms with Crippen LogP contribution in [-0.4, -0.2) is 66.1 Å². The molecule has 5 aromatic carbocycles. The molecular formula is C41H30O11. The lowest BCUT2D eigenvalue weighted by Crippen LogP contribution is -2.66. The van der Waals surface area contributed by atoms with E-state index in [1.165, 1.54) is 60.7 Å². The third-order valence-electron chi connectivity index (χ3n) is 8.05. The molecule has 6 rings (SSSR count). The van der Waals surface area contributed by atoms with Crippen molar-refractivity contribution in [2.75, 3.05) is 0 Å². The van der Waals surface area contributed by atoms with E-state index in [0.717, 1.165) is 0 Å². The van der Waals surface area contributed by atoms with Crippen LogP contribution in [0.5, 0.6) is 0 Å². The minimum atomic E-state index is -2.02. The Balaban J connectivity index is 1.48. The summed E-state index contributed by atoms with van der Waals surface area (Å²) in [5.74, 6) is -6.03. The molecule has 260 valence electrons. The predicted molar refractivity (Wildman–Crippen MR) is 183 cm³/mol. The maximum atomic E-state index is 14.5. The molecule has 0 heterocycles. The third kappa shape index (κ3) is 8.11. The SMILES string of the molecule is O=C(OC1[C@@H](OC(=O)c2ccccc2)[C@H](OC(=O)c2ccccc2)C(=O)[C@H](OC(=O)c2ccccc2)[C@H]1OC(=O)c1ccccc1)c1ccccc1. The molecule has 0 saturated heterocycles. The predicted octanol–water partition coefficient (Wildman–Crippen LogP) is 5.70. The van der Waals surface area contributed by atoms with Gasteiger partial charge in [0.2, 0.25) is 18.0 Å². The van der Waals surface area contributed by atoms with Crippen LogP contribution in [0.15, 0.2) is 152 Å². The Hall–Kier alpha value is -6.88. The highest BCUT2D eigenvalue weighted by atomic mass is 16.7. The summed E-state index contributed by atoms with van der Waals surface area (Å²) in [6.45, 7) is 0. The van der Waals surface area contributed by atoms with Crippen molar-refractivity contribution >= 4 is 35.6 Å². The van der Waals surface area contributed by atoms with E-state index in [1.54, 1.807) is 91.0 Å². The van der Waals surface area contributed by atoms with E-state index in [-0.39, 0.29) is 27.8 Å². The Morgan fingerprint density at radius 2 is 0.519 bits per heavy atom. The van der Waals surface area contributed by atoms with Crippen molar-refractivity contribution in [3.8, 4) is 0 Å². The van der Waals surface area contributed by atoms with Crippen LogP contribution in [0, 0.1) is 0 Å². The fraction of sp³-hybridized carbons (Fsp3) is 0.122. The van der Waals surface area contributed by atoms with Gasteiger partial charge in [0.25, 0.3) is 0 Å². The van der Waals surface area contributed by atoms with Gasteiger partial charge in [0, 0.05) is 0 Å². The van der Waals surface area contributed by atoms with E-state index < -0.39 is 66.1 Å². The summed E-state index contributed by atoms with van der Waals surface area (Å²) < 4.78 is 29.1. The minimum Gasteiger partial charge on any atom is -0.450 e. The average molecular weight is 699 g/mol. The Morgan fingerprint density at radius 3 is 0.769 bits per heavy atom. The molecule has 11 heteroatoms. The topological polar surface area (TPSA) is 149 Å². The molecule has 1 saturated carbocycles. The van der Waals surface area contributed by atoms with E-state index in [0.29, 0.717) is 0 Å². The third-order valence-corrected chi connectivity index (χ3v) is 8.05. The molecular weight excluding hydrogens is 668 g/mol. The first-order chi connectivity index (χ1) is 25.3. The normalized spacial score (nSPS) is 19.4. The number of Topliss-reactive ketones (excluding diaryl/α,β-unsaturated/α-hetero) is 1. The molecule has 5 atom stereocenters. The quantitative estimate of drug-likeness (QED) is 0.131. The van der Waals surface area contributed by atoms with Gasteiger partial charge >= 0.3 is 29.8 Å². The van der Waals surface area contributed by atoms with Gasteiger partial charge in [-0.15, -0.1) is 0 Å². The molecule has 0 bridgehead atoms. The van der Waals surface area contributed by atoms with Gasteiger partial charge in [-0.1, -0.05) is 91.0 Å². The molecule has 1 unspecified atom stereocenters. The van der Waals surface area contributed by atoms with Crippen molar-refractivity contribution in [3.63, 3.8) is 0 Å². The van der Waals surface area contributed by atoms with Gasteiger partial charge < -0.3 is 23.7 Å². The van der Waals surface area contributed by atoms with E-state index >= 15 is 0 Å². The average Bonchev–Trinajstić information content (AvgIpc) is 3.20. The molecule has 11 nitrogen and oxygen atoms in total. The number of rotatable bonds is 10. The Bertz CT molecular complexity index is 1910. The highest BCUT2D eigenvalue weighted by molar-refractivity contribution is 5.99. The number of hydrogen-bond donors (Lipinski definition) is 0. The highest BCUT2D eigenvalue weighted by Crippen LogP contribution is 2.33. The molecule has 1 aliphatic rings. The zero-order chi connectivity index (χ0) is 36.5. The summed E-state index contributed by atoms with van der Waals surface area (Å²) in [7, 11) is 0. The monoisotopic (exact) mass is 698 g/mol. The van der Waals surface area contributed by atoms with E-state index in [1.807, 2.05) is 0 Å². The summed E-state index contributed by atoms with van der Waals surface area (Å²) in [6.07, 6.45) is -9.71. The van der Waals surface area contributed by atoms with E-state index in [4.69, 9.17) is 23.7 Å². The number of carbonyl (C=O) groups is 6. The van der Waals surface area contributed by atoms with Gasteiger partial charge in [-0.25, -0.2) is 24.0 Å². The largest absolute Gasteiger partial charge is 0.450 e. The van der Waals surface area contributed by atoms with Crippen LogP contribution in [0.1, 0.15) is 51.8 Å². The maximum absolute atomic E-state index is 14.5. The molecule has 0 aromatic heterocycles. The van der Waals surface area contributed by atoms with Crippen LogP contribution in [0.25, 0.3) is 0 Å². The Labute approximate surface area is 297 Å². The second-order valence-electron chi connectivity index (χ2n) is 11.5. The van der Waals surface area contributed by atoms with Crippen molar-refractivity contribution in [2.24, 2.45) is 0 Å². The van der Waals surface area contributed by atoms with Gasteiger partial charge in [0.15, 0.2) is 18.3 Å². The molecule has 1 fully saturated rings. The first kappa shape index (κ1) is 35.0. The molecule has 0 radical (unpaired) electrons. The zero-order valence-corrected chi connectivity index (χ0v) is 27.3. The Morgan fingerprint density at radius 1 is 0.308 bits per heavy atom. The van der Waals surface area contributed by atoms with Gasteiger partial charge in [-0.05, 0) is 60.7 Å². The van der Waals surface area contributed by atoms with Crippen LogP contribution in [0.2, 0.25) is 0 Å². The smallest absolute Gasteiger partial charge is 0.338 e. The molecule has 0 amide bonds. The second kappa shape index (κ2) is 16.2. The van der Waals surface area contributed by atoms with Crippen LogP contribution in [0.3, 0.4) is 0 Å². The molecule has 0 N–H and O–H groups in total.